The molecule has 4 aromatic rings. The van der Waals surface area contributed by atoms with Crippen LogP contribution < -0.4 is 20.5 Å². The van der Waals surface area contributed by atoms with Gasteiger partial charge in [-0.25, -0.2) is 9.86 Å². The first-order valence-corrected chi connectivity index (χ1v) is 12.7. The van der Waals surface area contributed by atoms with E-state index in [-0.39, 0.29) is 12.5 Å². The third-order valence-electron chi connectivity index (χ3n) is 5.57. The Morgan fingerprint density at radius 1 is 1.03 bits per heavy atom. The summed E-state index contributed by atoms with van der Waals surface area (Å²) >= 11 is 0. The number of nitrogens with zero attached hydrogens (tertiary/aromatic N) is 1. The van der Waals surface area contributed by atoms with Gasteiger partial charge in [-0.05, 0) is 37.5 Å². The summed E-state index contributed by atoms with van der Waals surface area (Å²) in [6, 6.07) is 15.7. The normalized spacial score (nSPS) is 12.5. The second-order valence-corrected chi connectivity index (χ2v) is 9.46. The first kappa shape index (κ1) is 24.3. The van der Waals surface area contributed by atoms with Crippen LogP contribution in [0, 0.1) is 0 Å². The van der Waals surface area contributed by atoms with Crippen LogP contribution in [0.1, 0.15) is 29.6 Å². The summed E-state index contributed by atoms with van der Waals surface area (Å²) in [5.74, 6) is -0.781. The number of para-hydroxylation sites is 2. The standard InChI is InChI=1S/C24H26N6O4S/c25-35(33,34)28-14-4-3-11-21(30-23(31)18-15-27-19-10-2-1-9-17(18)19)24(32)29-20-12-5-7-16-8-6-13-26-22(16)20/h1-2,5-10,12-13,15,21,27-28H,3-4,11,14H2,(H,29,32)(H,30,31)(H2,25,33,34)/t21-/m0/s1. The SMILES string of the molecule is NS(=O)(=O)NCCCC[C@H](NC(=O)c1c[nH]c2ccccc12)C(=O)Nc1cccc2cccnc12. The number of aromatic nitrogens is 2. The maximum Gasteiger partial charge on any atom is 0.274 e. The van der Waals surface area contributed by atoms with Crippen molar-refractivity contribution < 1.29 is 18.0 Å². The van der Waals surface area contributed by atoms with Crippen LogP contribution in [0.5, 0.6) is 0 Å². The molecule has 2 aromatic heterocycles. The van der Waals surface area contributed by atoms with E-state index in [2.05, 4.69) is 25.3 Å². The molecule has 182 valence electrons. The van der Waals surface area contributed by atoms with Crippen LogP contribution in [0.25, 0.3) is 21.8 Å². The predicted octanol–water partition coefficient (Wildman–Crippen LogP) is 2.42. The van der Waals surface area contributed by atoms with E-state index in [9.17, 15) is 18.0 Å². The van der Waals surface area contributed by atoms with Crippen molar-refractivity contribution in [2.75, 3.05) is 11.9 Å². The highest BCUT2D eigenvalue weighted by atomic mass is 32.2. The molecule has 0 aliphatic carbocycles. The Morgan fingerprint density at radius 3 is 2.66 bits per heavy atom. The maximum absolute atomic E-state index is 13.3. The monoisotopic (exact) mass is 494 g/mol. The lowest BCUT2D eigenvalue weighted by Crippen LogP contribution is -2.44. The minimum absolute atomic E-state index is 0.136. The fourth-order valence-corrected chi connectivity index (χ4v) is 4.31. The van der Waals surface area contributed by atoms with Crippen molar-refractivity contribution in [3.05, 3.63) is 72.6 Å². The van der Waals surface area contributed by atoms with Gasteiger partial charge in [0.25, 0.3) is 16.1 Å². The lowest BCUT2D eigenvalue weighted by atomic mass is 10.1. The number of amides is 2. The average Bonchev–Trinajstić information content (AvgIpc) is 3.27. The van der Waals surface area contributed by atoms with Crippen LogP contribution in [0.3, 0.4) is 0 Å². The molecule has 2 amide bonds. The third kappa shape index (κ3) is 6.21. The number of aromatic amines is 1. The summed E-state index contributed by atoms with van der Waals surface area (Å²) < 4.78 is 24.4. The number of anilines is 1. The Kier molecular flexibility index (Phi) is 7.39. The molecule has 0 saturated heterocycles. The molecule has 0 bridgehead atoms. The van der Waals surface area contributed by atoms with Crippen LogP contribution >= 0.6 is 0 Å². The van der Waals surface area contributed by atoms with E-state index in [0.717, 1.165) is 16.3 Å². The summed E-state index contributed by atoms with van der Waals surface area (Å²) in [5.41, 5.74) is 2.42. The van der Waals surface area contributed by atoms with Gasteiger partial charge in [0.05, 0.1) is 16.8 Å². The molecule has 0 spiro atoms. The topological polar surface area (TPSA) is 159 Å². The van der Waals surface area contributed by atoms with Gasteiger partial charge >= 0.3 is 0 Å². The quantitative estimate of drug-likeness (QED) is 0.214. The Balaban J connectivity index is 1.50. The van der Waals surface area contributed by atoms with Gasteiger partial charge < -0.3 is 15.6 Å². The summed E-state index contributed by atoms with van der Waals surface area (Å²) in [4.78, 5) is 33.8. The van der Waals surface area contributed by atoms with Gasteiger partial charge in [0.2, 0.25) is 5.91 Å². The molecule has 10 nitrogen and oxygen atoms in total. The number of H-pyrrole nitrogens is 1. The number of pyridine rings is 1. The molecule has 35 heavy (non-hydrogen) atoms. The number of nitrogens with one attached hydrogen (secondary N) is 4. The number of benzene rings is 2. The van der Waals surface area contributed by atoms with Crippen LogP contribution in [0.2, 0.25) is 0 Å². The summed E-state index contributed by atoms with van der Waals surface area (Å²) in [6.07, 6.45) is 4.47. The highest BCUT2D eigenvalue weighted by molar-refractivity contribution is 7.87. The molecule has 4 rings (SSSR count). The Hall–Kier alpha value is -3.80. The van der Waals surface area contributed by atoms with Crippen LogP contribution in [-0.2, 0) is 15.0 Å². The van der Waals surface area contributed by atoms with Crippen LogP contribution in [0.4, 0.5) is 5.69 Å². The molecule has 0 saturated carbocycles. The molecule has 11 heteroatoms. The molecular formula is C24H26N6O4S. The van der Waals surface area contributed by atoms with E-state index in [4.69, 9.17) is 5.14 Å². The van der Waals surface area contributed by atoms with Crippen molar-refractivity contribution in [3.63, 3.8) is 0 Å². The number of carbonyl (C=O) groups is 2. The zero-order valence-electron chi connectivity index (χ0n) is 18.8. The first-order valence-electron chi connectivity index (χ1n) is 11.1. The number of hydrogen-bond donors (Lipinski definition) is 5. The van der Waals surface area contributed by atoms with E-state index in [0.29, 0.717) is 36.0 Å². The number of fused-ring (bicyclic) bond motifs is 2. The second kappa shape index (κ2) is 10.6. The van der Waals surface area contributed by atoms with Gasteiger partial charge in [0.15, 0.2) is 0 Å². The van der Waals surface area contributed by atoms with Gasteiger partial charge in [0.1, 0.15) is 6.04 Å². The zero-order valence-corrected chi connectivity index (χ0v) is 19.6. The lowest BCUT2D eigenvalue weighted by molar-refractivity contribution is -0.118. The van der Waals surface area contributed by atoms with Crippen molar-refractivity contribution in [2.45, 2.75) is 25.3 Å². The van der Waals surface area contributed by atoms with E-state index < -0.39 is 22.2 Å². The van der Waals surface area contributed by atoms with Crippen molar-refractivity contribution in [2.24, 2.45) is 5.14 Å². The summed E-state index contributed by atoms with van der Waals surface area (Å²) in [6.45, 7) is 0.136. The number of rotatable bonds is 10. The van der Waals surface area contributed by atoms with Gasteiger partial charge in [0, 0.05) is 35.2 Å². The van der Waals surface area contributed by atoms with Crippen molar-refractivity contribution in [3.8, 4) is 0 Å². The number of hydrogen-bond acceptors (Lipinski definition) is 5. The van der Waals surface area contributed by atoms with Gasteiger partial charge in [-0.3, -0.25) is 14.6 Å². The molecular weight excluding hydrogens is 468 g/mol. The van der Waals surface area contributed by atoms with E-state index in [1.807, 2.05) is 48.5 Å². The van der Waals surface area contributed by atoms with Crippen molar-refractivity contribution in [1.29, 1.82) is 0 Å². The summed E-state index contributed by atoms with van der Waals surface area (Å²) in [5, 5.41) is 12.3. The molecule has 0 unspecified atom stereocenters. The van der Waals surface area contributed by atoms with Gasteiger partial charge in [-0.1, -0.05) is 36.4 Å². The molecule has 0 fully saturated rings. The molecule has 0 aliphatic heterocycles. The minimum Gasteiger partial charge on any atom is -0.360 e. The molecule has 2 heterocycles. The number of nitrogens with two attached hydrogens (primary N) is 1. The largest absolute Gasteiger partial charge is 0.360 e. The highest BCUT2D eigenvalue weighted by Crippen LogP contribution is 2.22. The third-order valence-corrected chi connectivity index (χ3v) is 6.18. The highest BCUT2D eigenvalue weighted by Gasteiger charge is 2.23. The molecule has 0 radical (unpaired) electrons. The molecule has 6 N–H and O–H groups in total. The van der Waals surface area contributed by atoms with Crippen LogP contribution in [-0.4, -0.2) is 42.8 Å². The predicted molar refractivity (Wildman–Crippen MR) is 135 cm³/mol. The van der Waals surface area contributed by atoms with Gasteiger partial charge in [-0.15, -0.1) is 0 Å². The van der Waals surface area contributed by atoms with Crippen molar-refractivity contribution in [1.82, 2.24) is 20.0 Å². The maximum atomic E-state index is 13.3. The molecule has 0 aliphatic rings. The fraction of sp³-hybridized carbons (Fsp3) is 0.208. The Labute approximate surface area is 202 Å². The Morgan fingerprint density at radius 2 is 1.83 bits per heavy atom. The average molecular weight is 495 g/mol. The molecule has 1 atom stereocenters. The van der Waals surface area contributed by atoms with E-state index in [1.165, 1.54) is 0 Å². The lowest BCUT2D eigenvalue weighted by Gasteiger charge is -2.19. The minimum atomic E-state index is -3.78. The second-order valence-electron chi connectivity index (χ2n) is 8.08. The Bertz CT molecular complexity index is 1460. The zero-order chi connectivity index (χ0) is 24.8. The first-order chi connectivity index (χ1) is 16.8. The van der Waals surface area contributed by atoms with Crippen LogP contribution in [0.15, 0.2) is 67.0 Å². The smallest absolute Gasteiger partial charge is 0.274 e. The number of unbranched alkanes of at least 4 members (excludes halogenated alkanes) is 1. The van der Waals surface area contributed by atoms with Crippen molar-refractivity contribution >= 4 is 49.5 Å². The molecule has 2 aromatic carbocycles. The summed E-state index contributed by atoms with van der Waals surface area (Å²) in [7, 11) is -3.78. The number of carbonyl (C=O) groups excluding carboxylic acids is 2. The van der Waals surface area contributed by atoms with E-state index in [1.54, 1.807) is 18.5 Å². The fourth-order valence-electron chi connectivity index (χ4n) is 3.88. The van der Waals surface area contributed by atoms with E-state index >= 15 is 0 Å². The van der Waals surface area contributed by atoms with Gasteiger partial charge in [-0.2, -0.15) is 8.42 Å².